The second-order valence-electron chi connectivity index (χ2n) is 6.57. The Morgan fingerprint density at radius 2 is 2.10 bits per heavy atom. The van der Waals surface area contributed by atoms with Gasteiger partial charge in [0.05, 0.1) is 10.9 Å². The molecule has 3 aliphatic rings. The largest absolute Gasteiger partial charge is 0.308 e. The van der Waals surface area contributed by atoms with Crippen molar-refractivity contribution < 1.29 is 0 Å². The molecule has 2 aromatic rings. The summed E-state index contributed by atoms with van der Waals surface area (Å²) in [5, 5.41) is 12.7. The molecule has 1 fully saturated rings. The van der Waals surface area contributed by atoms with Gasteiger partial charge in [0.1, 0.15) is 0 Å². The van der Waals surface area contributed by atoms with E-state index >= 15 is 0 Å². The predicted octanol–water partition coefficient (Wildman–Crippen LogP) is 2.94. The number of hydrogen-bond acceptors (Lipinski definition) is 4. The molecule has 5 heteroatoms. The van der Waals surface area contributed by atoms with Gasteiger partial charge >= 0.3 is 0 Å². The van der Waals surface area contributed by atoms with E-state index in [0.29, 0.717) is 6.04 Å². The molecular formula is C16H20N4S. The summed E-state index contributed by atoms with van der Waals surface area (Å²) in [6.45, 7) is 2.05. The van der Waals surface area contributed by atoms with Gasteiger partial charge in [0, 0.05) is 18.0 Å². The van der Waals surface area contributed by atoms with Crippen LogP contribution in [0, 0.1) is 5.92 Å². The molecule has 1 atom stereocenters. The van der Waals surface area contributed by atoms with Gasteiger partial charge in [0.15, 0.2) is 11.6 Å². The van der Waals surface area contributed by atoms with Crippen molar-refractivity contribution in [3.63, 3.8) is 0 Å². The van der Waals surface area contributed by atoms with Gasteiger partial charge in [-0.15, -0.1) is 21.5 Å². The molecule has 0 saturated heterocycles. The Kier molecular flexibility index (Phi) is 2.73. The van der Waals surface area contributed by atoms with Gasteiger partial charge in [0.2, 0.25) is 0 Å². The van der Waals surface area contributed by atoms with Gasteiger partial charge in [-0.25, -0.2) is 0 Å². The van der Waals surface area contributed by atoms with E-state index < -0.39 is 0 Å². The van der Waals surface area contributed by atoms with E-state index in [1.54, 1.807) is 10.4 Å². The second-order valence-corrected chi connectivity index (χ2v) is 7.71. The summed E-state index contributed by atoms with van der Waals surface area (Å²) in [4.78, 5) is 2.92. The van der Waals surface area contributed by atoms with Crippen molar-refractivity contribution in [2.45, 2.75) is 51.1 Å². The Hall–Kier alpha value is -1.20. The summed E-state index contributed by atoms with van der Waals surface area (Å²) in [5.74, 6) is 3.07. The Labute approximate surface area is 128 Å². The standard InChI is InChI=1S/C16H20N4S/c1-2-4-12-11(3-1)9-13(21-12)15-18-19-16-14(10-5-6-10)17-7-8-20(15)16/h9-10,14,17H,1-8H2. The van der Waals surface area contributed by atoms with Gasteiger partial charge in [-0.3, -0.25) is 0 Å². The topological polar surface area (TPSA) is 42.7 Å². The molecule has 0 bridgehead atoms. The van der Waals surface area contributed by atoms with Crippen molar-refractivity contribution in [1.29, 1.82) is 0 Å². The van der Waals surface area contributed by atoms with Gasteiger partial charge in [0.25, 0.3) is 0 Å². The Morgan fingerprint density at radius 3 is 2.95 bits per heavy atom. The third-order valence-corrected chi connectivity index (χ3v) is 6.30. The van der Waals surface area contributed by atoms with Crippen molar-refractivity contribution in [2.24, 2.45) is 5.92 Å². The highest BCUT2D eigenvalue weighted by molar-refractivity contribution is 7.15. The average Bonchev–Trinajstić information content (AvgIpc) is 3.12. The highest BCUT2D eigenvalue weighted by Gasteiger charge is 2.37. The predicted molar refractivity (Wildman–Crippen MR) is 83.4 cm³/mol. The smallest absolute Gasteiger partial charge is 0.174 e. The lowest BCUT2D eigenvalue weighted by Crippen LogP contribution is -2.35. The molecule has 1 unspecified atom stereocenters. The third-order valence-electron chi connectivity index (χ3n) is 5.07. The van der Waals surface area contributed by atoms with Gasteiger partial charge in [-0.2, -0.15) is 0 Å². The minimum Gasteiger partial charge on any atom is -0.308 e. The molecule has 0 radical (unpaired) electrons. The fourth-order valence-corrected chi connectivity index (χ4v) is 5.03. The highest BCUT2D eigenvalue weighted by Crippen LogP contribution is 2.43. The highest BCUT2D eigenvalue weighted by atomic mass is 32.1. The van der Waals surface area contributed by atoms with E-state index in [4.69, 9.17) is 0 Å². The summed E-state index contributed by atoms with van der Waals surface area (Å²) >= 11 is 1.95. The second kappa shape index (κ2) is 4.65. The normalized spacial score (nSPS) is 24.7. The van der Waals surface area contributed by atoms with Crippen LogP contribution in [0.25, 0.3) is 10.7 Å². The molecule has 1 N–H and O–H groups in total. The van der Waals surface area contributed by atoms with E-state index in [0.717, 1.165) is 24.8 Å². The van der Waals surface area contributed by atoms with Gasteiger partial charge in [-0.05, 0) is 56.1 Å². The molecule has 0 aromatic carbocycles. The van der Waals surface area contributed by atoms with E-state index in [1.165, 1.54) is 49.2 Å². The van der Waals surface area contributed by atoms with Crippen molar-refractivity contribution in [1.82, 2.24) is 20.1 Å². The third kappa shape index (κ3) is 1.98. The minimum absolute atomic E-state index is 0.439. The van der Waals surface area contributed by atoms with E-state index in [2.05, 4.69) is 26.1 Å². The Bertz CT molecular complexity index is 659. The summed E-state index contributed by atoms with van der Waals surface area (Å²) in [7, 11) is 0. The minimum atomic E-state index is 0.439. The summed E-state index contributed by atoms with van der Waals surface area (Å²) in [5.41, 5.74) is 1.56. The fraction of sp³-hybridized carbons (Fsp3) is 0.625. The molecule has 110 valence electrons. The van der Waals surface area contributed by atoms with E-state index in [-0.39, 0.29) is 0 Å². The Morgan fingerprint density at radius 1 is 1.19 bits per heavy atom. The molecule has 1 saturated carbocycles. The van der Waals surface area contributed by atoms with Crippen LogP contribution in [-0.4, -0.2) is 21.3 Å². The number of thiophene rings is 1. The maximum atomic E-state index is 4.56. The number of aryl methyl sites for hydroxylation is 2. The molecule has 0 spiro atoms. The molecule has 4 nitrogen and oxygen atoms in total. The quantitative estimate of drug-likeness (QED) is 0.927. The lowest BCUT2D eigenvalue weighted by molar-refractivity contribution is 0.383. The van der Waals surface area contributed by atoms with E-state index in [1.807, 2.05) is 11.3 Å². The zero-order valence-corrected chi connectivity index (χ0v) is 13.0. The van der Waals surface area contributed by atoms with Crippen molar-refractivity contribution >= 4 is 11.3 Å². The molecule has 21 heavy (non-hydrogen) atoms. The SMILES string of the molecule is c1c(-c2nnc3n2CCNC3C2CC2)sc2c1CCCC2. The van der Waals surface area contributed by atoms with Crippen LogP contribution in [0.2, 0.25) is 0 Å². The van der Waals surface area contributed by atoms with Crippen molar-refractivity contribution in [3.05, 3.63) is 22.3 Å². The number of aromatic nitrogens is 3. The lowest BCUT2D eigenvalue weighted by atomic mass is 9.99. The van der Waals surface area contributed by atoms with Crippen LogP contribution >= 0.6 is 11.3 Å². The van der Waals surface area contributed by atoms with Crippen molar-refractivity contribution in [3.8, 4) is 10.7 Å². The Balaban J connectivity index is 1.56. The van der Waals surface area contributed by atoms with Crippen LogP contribution in [0.15, 0.2) is 6.07 Å². The lowest BCUT2D eigenvalue weighted by Gasteiger charge is -2.24. The van der Waals surface area contributed by atoms with Crippen molar-refractivity contribution in [2.75, 3.05) is 6.54 Å². The number of nitrogens with one attached hydrogen (secondary N) is 1. The number of rotatable bonds is 2. The number of hydrogen-bond donors (Lipinski definition) is 1. The van der Waals surface area contributed by atoms with Crippen LogP contribution in [0.3, 0.4) is 0 Å². The van der Waals surface area contributed by atoms with Gasteiger partial charge in [-0.1, -0.05) is 0 Å². The summed E-state index contributed by atoms with van der Waals surface area (Å²) in [6.07, 6.45) is 7.88. The van der Waals surface area contributed by atoms with Crippen LogP contribution in [0.1, 0.15) is 48.0 Å². The maximum absolute atomic E-state index is 4.56. The first-order valence-electron chi connectivity index (χ1n) is 8.18. The molecule has 3 heterocycles. The van der Waals surface area contributed by atoms with E-state index in [9.17, 15) is 0 Å². The van der Waals surface area contributed by atoms with Crippen LogP contribution in [-0.2, 0) is 19.4 Å². The molecule has 5 rings (SSSR count). The molecule has 2 aliphatic carbocycles. The monoisotopic (exact) mass is 300 g/mol. The van der Waals surface area contributed by atoms with Crippen LogP contribution in [0.5, 0.6) is 0 Å². The first kappa shape index (κ1) is 12.4. The first-order valence-corrected chi connectivity index (χ1v) is 9.00. The number of fused-ring (bicyclic) bond motifs is 2. The first-order chi connectivity index (χ1) is 10.4. The van der Waals surface area contributed by atoms with Crippen LogP contribution in [0.4, 0.5) is 0 Å². The van der Waals surface area contributed by atoms with Gasteiger partial charge < -0.3 is 9.88 Å². The fourth-order valence-electron chi connectivity index (χ4n) is 3.78. The molecule has 1 aliphatic heterocycles. The van der Waals surface area contributed by atoms with Crippen LogP contribution < -0.4 is 5.32 Å². The average molecular weight is 300 g/mol. The number of nitrogens with zero attached hydrogens (tertiary/aromatic N) is 3. The molecule has 2 aromatic heterocycles. The zero-order chi connectivity index (χ0) is 13.8. The summed E-state index contributed by atoms with van der Waals surface area (Å²) < 4.78 is 2.37. The molecular weight excluding hydrogens is 280 g/mol. The zero-order valence-electron chi connectivity index (χ0n) is 12.1. The summed E-state index contributed by atoms with van der Waals surface area (Å²) in [6, 6.07) is 2.82. The maximum Gasteiger partial charge on any atom is 0.174 e. The molecule has 0 amide bonds.